The normalized spacial score (nSPS) is 21.2. The van der Waals surface area contributed by atoms with Crippen LogP contribution in [0.15, 0.2) is 23.1 Å². The lowest BCUT2D eigenvalue weighted by molar-refractivity contribution is -0.00524. The van der Waals surface area contributed by atoms with Gasteiger partial charge in [-0.3, -0.25) is 9.78 Å². The Kier molecular flexibility index (Phi) is 5.12. The van der Waals surface area contributed by atoms with E-state index >= 15 is 0 Å². The van der Waals surface area contributed by atoms with Crippen LogP contribution in [0.25, 0.3) is 5.65 Å². The fraction of sp³-hybridized carbons (Fsp3) is 0.500. The summed E-state index contributed by atoms with van der Waals surface area (Å²) in [6, 6.07) is 3.80. The topological polar surface area (TPSA) is 75.9 Å². The van der Waals surface area contributed by atoms with Gasteiger partial charge in [0.05, 0.1) is 24.1 Å². The standard InChI is InChI=1S/C24H30N6O2/c1-14-8-22(31)30-23(26-14)17(4)18(5)24(27-30)28-7-6-21-19(13-28)9-20(10-25-21)29-11-15(2)32-16(3)12-29/h8-10,15-16H,6-7,11-13H2,1-5H3/t15-,16+. The molecular formula is C24H30N6O2. The van der Waals surface area contributed by atoms with Gasteiger partial charge in [-0.05, 0) is 46.2 Å². The summed E-state index contributed by atoms with van der Waals surface area (Å²) in [5, 5.41) is 4.73. The Morgan fingerprint density at radius 2 is 1.78 bits per heavy atom. The minimum Gasteiger partial charge on any atom is -0.372 e. The van der Waals surface area contributed by atoms with Crippen molar-refractivity contribution in [2.24, 2.45) is 0 Å². The van der Waals surface area contributed by atoms with Crippen LogP contribution in [-0.4, -0.2) is 51.4 Å². The number of hydrogen-bond acceptors (Lipinski definition) is 7. The molecule has 1 fully saturated rings. The van der Waals surface area contributed by atoms with Gasteiger partial charge in [0.2, 0.25) is 0 Å². The van der Waals surface area contributed by atoms with Gasteiger partial charge in [-0.2, -0.15) is 4.52 Å². The monoisotopic (exact) mass is 434 g/mol. The van der Waals surface area contributed by atoms with Gasteiger partial charge in [-0.15, -0.1) is 5.10 Å². The number of ether oxygens (including phenoxy) is 1. The lowest BCUT2D eigenvalue weighted by Crippen LogP contribution is -2.45. The van der Waals surface area contributed by atoms with Crippen molar-refractivity contribution in [3.8, 4) is 0 Å². The second-order valence-corrected chi connectivity index (χ2v) is 9.18. The molecule has 0 spiro atoms. The highest BCUT2D eigenvalue weighted by atomic mass is 16.5. The van der Waals surface area contributed by atoms with E-state index in [4.69, 9.17) is 14.8 Å². The molecule has 1 saturated heterocycles. The van der Waals surface area contributed by atoms with E-state index in [1.54, 1.807) is 0 Å². The lowest BCUT2D eigenvalue weighted by Gasteiger charge is -2.37. The summed E-state index contributed by atoms with van der Waals surface area (Å²) in [4.78, 5) is 26.5. The molecule has 2 atom stereocenters. The van der Waals surface area contributed by atoms with Crippen molar-refractivity contribution in [3.63, 3.8) is 0 Å². The van der Waals surface area contributed by atoms with E-state index < -0.39 is 0 Å². The number of pyridine rings is 1. The number of rotatable bonds is 2. The molecule has 32 heavy (non-hydrogen) atoms. The quantitative estimate of drug-likeness (QED) is 0.614. The number of morpholine rings is 1. The zero-order chi connectivity index (χ0) is 22.6. The third-order valence-electron chi connectivity index (χ3n) is 6.56. The maximum atomic E-state index is 12.6. The SMILES string of the molecule is Cc1cc(=O)n2nc(N3CCc4ncc(N5C[C@@H](C)O[C@@H](C)C5)cc4C3)c(C)c(C)c2n1. The van der Waals surface area contributed by atoms with E-state index in [1.807, 2.05) is 20.0 Å². The number of anilines is 2. The molecule has 0 amide bonds. The fourth-order valence-corrected chi connectivity index (χ4v) is 4.89. The summed E-state index contributed by atoms with van der Waals surface area (Å²) >= 11 is 0. The predicted octanol–water partition coefficient (Wildman–Crippen LogP) is 2.59. The highest BCUT2D eigenvalue weighted by molar-refractivity contribution is 5.60. The van der Waals surface area contributed by atoms with E-state index in [2.05, 4.69) is 41.6 Å². The van der Waals surface area contributed by atoms with Crippen molar-refractivity contribution in [1.82, 2.24) is 19.6 Å². The Morgan fingerprint density at radius 1 is 1.03 bits per heavy atom. The zero-order valence-electron chi connectivity index (χ0n) is 19.4. The van der Waals surface area contributed by atoms with Gasteiger partial charge >= 0.3 is 0 Å². The van der Waals surface area contributed by atoms with Gasteiger partial charge in [0.1, 0.15) is 0 Å². The lowest BCUT2D eigenvalue weighted by atomic mass is 10.0. The fourth-order valence-electron chi connectivity index (χ4n) is 4.89. The van der Waals surface area contributed by atoms with E-state index in [-0.39, 0.29) is 17.8 Å². The smallest absolute Gasteiger partial charge is 0.274 e. The molecule has 5 rings (SSSR count). The highest BCUT2D eigenvalue weighted by Gasteiger charge is 2.26. The van der Waals surface area contributed by atoms with Crippen LogP contribution >= 0.6 is 0 Å². The van der Waals surface area contributed by atoms with E-state index in [1.165, 1.54) is 16.1 Å². The minimum absolute atomic E-state index is 0.145. The second kappa shape index (κ2) is 7.85. The number of hydrogen-bond donors (Lipinski definition) is 0. The second-order valence-electron chi connectivity index (χ2n) is 9.18. The van der Waals surface area contributed by atoms with Gasteiger partial charge in [0.15, 0.2) is 11.5 Å². The zero-order valence-corrected chi connectivity index (χ0v) is 19.4. The van der Waals surface area contributed by atoms with Crippen molar-refractivity contribution >= 4 is 17.2 Å². The van der Waals surface area contributed by atoms with Gasteiger partial charge in [-0.1, -0.05) is 0 Å². The first-order valence-corrected chi connectivity index (χ1v) is 11.3. The Bertz CT molecular complexity index is 1240. The number of nitrogens with zero attached hydrogens (tertiary/aromatic N) is 6. The molecule has 0 radical (unpaired) electrons. The van der Waals surface area contributed by atoms with Crippen LogP contribution in [0.5, 0.6) is 0 Å². The van der Waals surface area contributed by atoms with Crippen molar-refractivity contribution in [2.45, 2.75) is 59.8 Å². The molecule has 0 unspecified atom stereocenters. The number of aromatic nitrogens is 4. The van der Waals surface area contributed by atoms with Crippen molar-refractivity contribution < 1.29 is 4.74 Å². The van der Waals surface area contributed by atoms with Crippen LogP contribution in [-0.2, 0) is 17.7 Å². The van der Waals surface area contributed by atoms with Crippen LogP contribution in [0, 0.1) is 20.8 Å². The molecule has 2 aliphatic heterocycles. The van der Waals surface area contributed by atoms with Gasteiger partial charge in [0, 0.05) is 61.2 Å². The third kappa shape index (κ3) is 3.62. The van der Waals surface area contributed by atoms with Crippen LogP contribution in [0.1, 0.15) is 41.9 Å². The number of fused-ring (bicyclic) bond motifs is 2. The third-order valence-corrected chi connectivity index (χ3v) is 6.56. The molecule has 168 valence electrons. The molecule has 0 bridgehead atoms. The Hall–Kier alpha value is -3.00. The van der Waals surface area contributed by atoms with E-state index in [0.717, 1.165) is 60.9 Å². The largest absolute Gasteiger partial charge is 0.372 e. The molecule has 8 nitrogen and oxygen atoms in total. The molecule has 0 saturated carbocycles. The summed E-state index contributed by atoms with van der Waals surface area (Å²) in [5.74, 6) is 0.840. The molecule has 2 aliphatic rings. The molecule has 3 aromatic rings. The summed E-state index contributed by atoms with van der Waals surface area (Å²) in [7, 11) is 0. The maximum absolute atomic E-state index is 12.6. The van der Waals surface area contributed by atoms with Gasteiger partial charge in [-0.25, -0.2) is 4.98 Å². The molecule has 0 aliphatic carbocycles. The molecule has 0 aromatic carbocycles. The molecule has 5 heterocycles. The highest BCUT2D eigenvalue weighted by Crippen LogP contribution is 2.29. The van der Waals surface area contributed by atoms with E-state index in [0.29, 0.717) is 11.3 Å². The summed E-state index contributed by atoms with van der Waals surface area (Å²) in [6.07, 6.45) is 3.25. The Labute approximate surface area is 187 Å². The Balaban J connectivity index is 1.49. The molecular weight excluding hydrogens is 404 g/mol. The number of aryl methyl sites for hydroxylation is 2. The molecule has 3 aromatic heterocycles. The minimum atomic E-state index is -0.145. The molecule has 8 heteroatoms. The Morgan fingerprint density at radius 3 is 2.53 bits per heavy atom. The van der Waals surface area contributed by atoms with Gasteiger partial charge < -0.3 is 14.5 Å². The summed E-state index contributed by atoms with van der Waals surface area (Å²) in [6.45, 7) is 13.4. The van der Waals surface area contributed by atoms with Crippen LogP contribution in [0.2, 0.25) is 0 Å². The van der Waals surface area contributed by atoms with Crippen molar-refractivity contribution in [2.75, 3.05) is 29.4 Å². The van der Waals surface area contributed by atoms with Gasteiger partial charge in [0.25, 0.3) is 5.56 Å². The average molecular weight is 435 g/mol. The first kappa shape index (κ1) is 20.9. The average Bonchev–Trinajstić information content (AvgIpc) is 2.75. The van der Waals surface area contributed by atoms with Crippen LogP contribution in [0.4, 0.5) is 11.5 Å². The van der Waals surface area contributed by atoms with Crippen LogP contribution < -0.4 is 15.4 Å². The van der Waals surface area contributed by atoms with Crippen LogP contribution in [0.3, 0.4) is 0 Å². The molecule has 0 N–H and O–H groups in total. The van der Waals surface area contributed by atoms with E-state index in [9.17, 15) is 4.79 Å². The van der Waals surface area contributed by atoms with Crippen molar-refractivity contribution in [3.05, 3.63) is 56.8 Å². The maximum Gasteiger partial charge on any atom is 0.274 e. The van der Waals surface area contributed by atoms with Crippen molar-refractivity contribution in [1.29, 1.82) is 0 Å². The summed E-state index contributed by atoms with van der Waals surface area (Å²) in [5.41, 5.74) is 6.75. The first-order valence-electron chi connectivity index (χ1n) is 11.3. The first-order chi connectivity index (χ1) is 15.3. The predicted molar refractivity (Wildman–Crippen MR) is 125 cm³/mol. The summed E-state index contributed by atoms with van der Waals surface area (Å²) < 4.78 is 7.33.